The van der Waals surface area contributed by atoms with Crippen molar-refractivity contribution in [3.63, 3.8) is 0 Å². The first kappa shape index (κ1) is 14.6. The number of pyridine rings is 1. The summed E-state index contributed by atoms with van der Waals surface area (Å²) in [7, 11) is 1.76. The Morgan fingerprint density at radius 3 is 2.80 bits per heavy atom. The number of aromatic nitrogens is 1. The van der Waals surface area contributed by atoms with Crippen LogP contribution in [0.5, 0.6) is 0 Å². The number of nitro groups is 1. The first-order valence-corrected chi connectivity index (χ1v) is 7.20. The van der Waals surface area contributed by atoms with E-state index in [1.807, 2.05) is 0 Å². The van der Waals surface area contributed by atoms with Gasteiger partial charge in [0.1, 0.15) is 5.82 Å². The fourth-order valence-electron chi connectivity index (χ4n) is 2.67. The Morgan fingerprint density at radius 2 is 2.10 bits per heavy atom. The van der Waals surface area contributed by atoms with Gasteiger partial charge in [0.25, 0.3) is 0 Å². The van der Waals surface area contributed by atoms with Crippen LogP contribution in [0, 0.1) is 16.0 Å². The lowest BCUT2D eigenvalue weighted by Gasteiger charge is -2.17. The molecule has 0 bridgehead atoms. The van der Waals surface area contributed by atoms with E-state index in [4.69, 9.17) is 0 Å². The molecule has 0 radical (unpaired) electrons. The third-order valence-electron chi connectivity index (χ3n) is 3.93. The highest BCUT2D eigenvalue weighted by molar-refractivity contribution is 5.60. The van der Waals surface area contributed by atoms with Crippen LogP contribution in [-0.4, -0.2) is 23.0 Å². The Bertz CT molecular complexity index is 478. The van der Waals surface area contributed by atoms with Crippen molar-refractivity contribution < 1.29 is 4.92 Å². The fraction of sp³-hybridized carbons (Fsp3) is 0.643. The summed E-state index contributed by atoms with van der Waals surface area (Å²) in [5.41, 5.74) is 0.0429. The molecule has 1 aromatic heterocycles. The highest BCUT2D eigenvalue weighted by atomic mass is 16.6. The van der Waals surface area contributed by atoms with Crippen LogP contribution in [0.25, 0.3) is 0 Å². The molecule has 1 aliphatic carbocycles. The van der Waals surface area contributed by atoms with Gasteiger partial charge in [0.2, 0.25) is 5.82 Å². The predicted molar refractivity (Wildman–Crippen MR) is 80.1 cm³/mol. The second-order valence-corrected chi connectivity index (χ2v) is 5.53. The normalized spacial score (nSPS) is 22.9. The average molecular weight is 278 g/mol. The number of anilines is 2. The molecule has 2 N–H and O–H groups in total. The summed E-state index contributed by atoms with van der Waals surface area (Å²) in [5.74, 6) is 1.76. The summed E-state index contributed by atoms with van der Waals surface area (Å²) >= 11 is 0. The third kappa shape index (κ3) is 3.59. The summed E-state index contributed by atoms with van der Waals surface area (Å²) in [4.78, 5) is 15.0. The first-order valence-electron chi connectivity index (χ1n) is 7.20. The van der Waals surface area contributed by atoms with Gasteiger partial charge in [0.15, 0.2) is 0 Å². The summed E-state index contributed by atoms with van der Waals surface area (Å²) in [5, 5.41) is 17.3. The molecule has 0 aliphatic heterocycles. The highest BCUT2D eigenvalue weighted by Gasteiger charge is 2.21. The van der Waals surface area contributed by atoms with Crippen LogP contribution < -0.4 is 10.6 Å². The van der Waals surface area contributed by atoms with E-state index in [-0.39, 0.29) is 16.7 Å². The van der Waals surface area contributed by atoms with Gasteiger partial charge in [0, 0.05) is 19.2 Å². The van der Waals surface area contributed by atoms with Crippen LogP contribution in [0.4, 0.5) is 17.3 Å². The van der Waals surface area contributed by atoms with Gasteiger partial charge in [-0.3, -0.25) is 10.1 Å². The van der Waals surface area contributed by atoms with E-state index in [0.29, 0.717) is 11.6 Å². The molecule has 0 aromatic carbocycles. The summed E-state index contributed by atoms with van der Waals surface area (Å²) in [6.07, 6.45) is 5.66. The zero-order chi connectivity index (χ0) is 14.5. The molecule has 1 fully saturated rings. The molecule has 0 spiro atoms. The molecule has 1 aromatic rings. The van der Waals surface area contributed by atoms with Gasteiger partial charge in [-0.05, 0) is 31.2 Å². The lowest BCUT2D eigenvalue weighted by atomic mass is 10.0. The molecule has 2 atom stereocenters. The monoisotopic (exact) mass is 278 g/mol. The topological polar surface area (TPSA) is 80.1 Å². The Morgan fingerprint density at radius 1 is 1.30 bits per heavy atom. The van der Waals surface area contributed by atoms with Crippen LogP contribution >= 0.6 is 0 Å². The third-order valence-corrected chi connectivity index (χ3v) is 3.93. The zero-order valence-corrected chi connectivity index (χ0v) is 12.1. The molecule has 20 heavy (non-hydrogen) atoms. The van der Waals surface area contributed by atoms with Crippen LogP contribution in [0.3, 0.4) is 0 Å². The van der Waals surface area contributed by atoms with Crippen molar-refractivity contribution in [2.45, 2.75) is 45.1 Å². The van der Waals surface area contributed by atoms with Crippen LogP contribution in [0.1, 0.15) is 39.0 Å². The molecule has 1 aliphatic rings. The zero-order valence-electron chi connectivity index (χ0n) is 12.1. The highest BCUT2D eigenvalue weighted by Crippen LogP contribution is 2.29. The van der Waals surface area contributed by atoms with Crippen molar-refractivity contribution in [2.24, 2.45) is 5.92 Å². The van der Waals surface area contributed by atoms with Gasteiger partial charge >= 0.3 is 5.69 Å². The molecule has 6 heteroatoms. The minimum atomic E-state index is -0.381. The maximum atomic E-state index is 11.1. The van der Waals surface area contributed by atoms with E-state index < -0.39 is 0 Å². The smallest absolute Gasteiger partial charge is 0.311 e. The Labute approximate surface area is 119 Å². The Hall–Kier alpha value is -1.85. The van der Waals surface area contributed by atoms with Crippen molar-refractivity contribution in [3.8, 4) is 0 Å². The van der Waals surface area contributed by atoms with Crippen molar-refractivity contribution >= 4 is 17.3 Å². The molecule has 0 amide bonds. The largest absolute Gasteiger partial charge is 0.373 e. The maximum absolute atomic E-state index is 11.1. The molecular weight excluding hydrogens is 256 g/mol. The van der Waals surface area contributed by atoms with Crippen LogP contribution in [0.15, 0.2) is 12.1 Å². The molecule has 110 valence electrons. The summed E-state index contributed by atoms with van der Waals surface area (Å²) in [6.45, 7) is 2.27. The molecule has 2 rings (SSSR count). The van der Waals surface area contributed by atoms with Gasteiger partial charge in [-0.1, -0.05) is 19.8 Å². The van der Waals surface area contributed by atoms with Gasteiger partial charge in [-0.15, -0.1) is 0 Å². The second-order valence-electron chi connectivity index (χ2n) is 5.53. The number of hydrogen-bond acceptors (Lipinski definition) is 5. The quantitative estimate of drug-likeness (QED) is 0.501. The van der Waals surface area contributed by atoms with Crippen LogP contribution in [0.2, 0.25) is 0 Å². The Kier molecular flexibility index (Phi) is 4.76. The first-order chi connectivity index (χ1) is 9.60. The average Bonchev–Trinajstić information content (AvgIpc) is 2.63. The summed E-state index contributed by atoms with van der Waals surface area (Å²) < 4.78 is 0. The van der Waals surface area contributed by atoms with E-state index in [9.17, 15) is 10.1 Å². The van der Waals surface area contributed by atoms with Crippen LogP contribution in [-0.2, 0) is 0 Å². The lowest BCUT2D eigenvalue weighted by Crippen LogP contribution is -2.20. The minimum Gasteiger partial charge on any atom is -0.373 e. The van der Waals surface area contributed by atoms with Gasteiger partial charge in [-0.25, -0.2) is 4.98 Å². The number of hydrogen-bond donors (Lipinski definition) is 2. The van der Waals surface area contributed by atoms with Crippen molar-refractivity contribution in [1.82, 2.24) is 4.98 Å². The van der Waals surface area contributed by atoms with E-state index in [1.54, 1.807) is 13.1 Å². The van der Waals surface area contributed by atoms with E-state index in [0.717, 1.165) is 25.2 Å². The number of nitrogens with zero attached hydrogens (tertiary/aromatic N) is 2. The summed E-state index contributed by atoms with van der Waals surface area (Å²) in [6, 6.07) is 3.40. The molecule has 1 saturated carbocycles. The van der Waals surface area contributed by atoms with Gasteiger partial charge in [-0.2, -0.15) is 0 Å². The standard InChI is InChI=1S/C14H22N4O2/c1-10-4-3-5-11(7-6-10)16-14-12(18(19)20)8-9-13(15-2)17-14/h8-11H,3-7H2,1-2H3,(H2,15,16,17). The molecule has 0 saturated heterocycles. The van der Waals surface area contributed by atoms with Gasteiger partial charge < -0.3 is 10.6 Å². The molecule has 2 unspecified atom stereocenters. The van der Waals surface area contributed by atoms with Gasteiger partial charge in [0.05, 0.1) is 4.92 Å². The molecular formula is C14H22N4O2. The van der Waals surface area contributed by atoms with Crippen molar-refractivity contribution in [1.29, 1.82) is 0 Å². The maximum Gasteiger partial charge on any atom is 0.311 e. The van der Waals surface area contributed by atoms with Crippen molar-refractivity contribution in [3.05, 3.63) is 22.2 Å². The number of nitrogens with one attached hydrogen (secondary N) is 2. The lowest BCUT2D eigenvalue weighted by molar-refractivity contribution is -0.384. The number of rotatable bonds is 4. The fourth-order valence-corrected chi connectivity index (χ4v) is 2.67. The molecule has 1 heterocycles. The van der Waals surface area contributed by atoms with E-state index in [2.05, 4.69) is 22.5 Å². The Balaban J connectivity index is 2.16. The predicted octanol–water partition coefficient (Wildman–Crippen LogP) is 3.41. The SMILES string of the molecule is CNc1ccc([N+](=O)[O-])c(NC2CCCC(C)CC2)n1. The minimum absolute atomic E-state index is 0.0429. The van der Waals surface area contributed by atoms with E-state index >= 15 is 0 Å². The van der Waals surface area contributed by atoms with E-state index in [1.165, 1.54) is 18.9 Å². The second kappa shape index (κ2) is 6.54. The molecule has 6 nitrogen and oxygen atoms in total. The van der Waals surface area contributed by atoms with Crippen molar-refractivity contribution in [2.75, 3.05) is 17.7 Å².